The van der Waals surface area contributed by atoms with Crippen LogP contribution < -0.4 is 27.0 Å². The quantitative estimate of drug-likeness (QED) is 0.0634. The van der Waals surface area contributed by atoms with Crippen LogP contribution in [-0.2, 0) is 30.3 Å². The lowest BCUT2D eigenvalue weighted by molar-refractivity contribution is -0.153. The number of fused-ring (bicyclic) bond motifs is 1. The van der Waals surface area contributed by atoms with Crippen molar-refractivity contribution in [3.63, 3.8) is 0 Å². The van der Waals surface area contributed by atoms with Crippen molar-refractivity contribution in [2.45, 2.75) is 70.1 Å². The highest BCUT2D eigenvalue weighted by atomic mass is 16.5. The first kappa shape index (κ1) is 29.8. The number of carbonyl (C=O) groups is 5. The molecule has 3 rings (SSSR count). The summed E-state index contributed by atoms with van der Waals surface area (Å²) in [6, 6.07) is 5.38. The predicted octanol–water partition coefficient (Wildman–Crippen LogP) is 0.206. The molecule has 0 radical (unpaired) electrons. The number of guanidine groups is 1. The van der Waals surface area contributed by atoms with Crippen LogP contribution in [0.4, 0.5) is 5.69 Å². The van der Waals surface area contributed by atoms with Gasteiger partial charge >= 0.3 is 5.97 Å². The van der Waals surface area contributed by atoms with E-state index in [1.165, 1.54) is 4.90 Å². The molecule has 0 aliphatic carbocycles. The SMILES string of the molecule is CC(C)OC(=O)[C@]1(C(C)CN2C(=O)CNC(=O)c3cc(CCCCCN=C(N)N)ccc32)NC1(C=O)CC=O. The van der Waals surface area contributed by atoms with Crippen LogP contribution in [0.15, 0.2) is 23.2 Å². The van der Waals surface area contributed by atoms with E-state index in [2.05, 4.69) is 15.6 Å². The molecule has 12 heteroatoms. The minimum atomic E-state index is -1.48. The number of amides is 2. The minimum absolute atomic E-state index is 0.0135. The van der Waals surface area contributed by atoms with Crippen LogP contribution in [0.2, 0.25) is 0 Å². The van der Waals surface area contributed by atoms with E-state index in [1.807, 2.05) is 6.07 Å². The number of unbranched alkanes of at least 4 members (excludes halogenated alkanes) is 2. The zero-order chi connectivity index (χ0) is 28.8. The first-order valence-corrected chi connectivity index (χ1v) is 13.2. The van der Waals surface area contributed by atoms with Crippen LogP contribution >= 0.6 is 0 Å². The fraction of sp³-hybridized carbons (Fsp3) is 0.556. The number of nitrogens with zero attached hydrogens (tertiary/aromatic N) is 2. The van der Waals surface area contributed by atoms with Gasteiger partial charge in [0.25, 0.3) is 5.91 Å². The van der Waals surface area contributed by atoms with Gasteiger partial charge in [0.05, 0.1) is 23.9 Å². The van der Waals surface area contributed by atoms with E-state index in [0.29, 0.717) is 30.4 Å². The number of hydrogen-bond acceptors (Lipinski definition) is 8. The maximum Gasteiger partial charge on any atom is 0.329 e. The van der Waals surface area contributed by atoms with Gasteiger partial charge in [-0.3, -0.25) is 19.9 Å². The molecule has 0 spiro atoms. The van der Waals surface area contributed by atoms with Gasteiger partial charge in [0.15, 0.2) is 5.96 Å². The Balaban J connectivity index is 1.83. The average molecular weight is 543 g/mol. The Labute approximate surface area is 227 Å². The molecule has 0 aromatic heterocycles. The number of hydrogen-bond donors (Lipinski definition) is 4. The summed E-state index contributed by atoms with van der Waals surface area (Å²) in [6.45, 7) is 5.45. The Morgan fingerprint density at radius 1 is 1.18 bits per heavy atom. The summed E-state index contributed by atoms with van der Waals surface area (Å²) in [5.41, 5.74) is 9.49. The van der Waals surface area contributed by atoms with E-state index >= 15 is 0 Å². The second kappa shape index (κ2) is 12.4. The molecule has 12 nitrogen and oxygen atoms in total. The van der Waals surface area contributed by atoms with Crippen LogP contribution in [0.3, 0.4) is 0 Å². The lowest BCUT2D eigenvalue weighted by atomic mass is 9.81. The number of aldehydes is 2. The maximum absolute atomic E-state index is 13.2. The standard InChI is InChI=1S/C27H38N6O6/c1-17(2)39-24(38)27(26(16-35,32-27)10-12-34)18(3)15-33-21-9-8-19(7-5-4-6-11-30-25(28)29)13-20(21)23(37)31-14-22(33)36/h8-9,12-13,16-18,32H,4-7,10-11,14-15H2,1-3H3,(H,31,37)(H4,28,29,30)/t18?,26?,27-/m0/s1. The molecule has 3 atom stereocenters. The fourth-order valence-corrected chi connectivity index (χ4v) is 5.21. The van der Waals surface area contributed by atoms with Crippen molar-refractivity contribution in [3.05, 3.63) is 29.3 Å². The molecule has 39 heavy (non-hydrogen) atoms. The number of nitrogens with two attached hydrogens (primary N) is 2. The van der Waals surface area contributed by atoms with E-state index in [9.17, 15) is 24.0 Å². The Hall–Kier alpha value is -3.80. The molecule has 2 aliphatic heterocycles. The summed E-state index contributed by atoms with van der Waals surface area (Å²) in [7, 11) is 0. The van der Waals surface area contributed by atoms with E-state index in [-0.39, 0.29) is 37.3 Å². The predicted molar refractivity (Wildman–Crippen MR) is 145 cm³/mol. The molecule has 2 unspecified atom stereocenters. The molecule has 2 amide bonds. The molecule has 0 bridgehead atoms. The Kier molecular flexibility index (Phi) is 9.44. The number of ether oxygens (including phenoxy) is 1. The molecule has 1 saturated heterocycles. The van der Waals surface area contributed by atoms with Crippen LogP contribution in [0.25, 0.3) is 0 Å². The molecule has 1 aromatic rings. The number of aryl methyl sites for hydroxylation is 1. The van der Waals surface area contributed by atoms with Crippen molar-refractivity contribution in [3.8, 4) is 0 Å². The van der Waals surface area contributed by atoms with E-state index in [0.717, 1.165) is 31.2 Å². The van der Waals surface area contributed by atoms with E-state index in [1.54, 1.807) is 32.9 Å². The number of nitrogens with one attached hydrogen (secondary N) is 2. The molecule has 0 saturated carbocycles. The highest BCUT2D eigenvalue weighted by Gasteiger charge is 2.75. The second-order valence-electron chi connectivity index (χ2n) is 10.4. The highest BCUT2D eigenvalue weighted by Crippen LogP contribution is 2.47. The normalized spacial score (nSPS) is 22.8. The van der Waals surface area contributed by atoms with Gasteiger partial charge in [0, 0.05) is 25.4 Å². The van der Waals surface area contributed by atoms with Gasteiger partial charge in [-0.1, -0.05) is 19.4 Å². The number of esters is 1. The van der Waals surface area contributed by atoms with Gasteiger partial charge < -0.3 is 36.0 Å². The number of rotatable bonds is 14. The number of anilines is 1. The number of carbonyl (C=O) groups excluding carboxylic acids is 5. The third-order valence-electron chi connectivity index (χ3n) is 7.24. The summed E-state index contributed by atoms with van der Waals surface area (Å²) in [4.78, 5) is 68.1. The third kappa shape index (κ3) is 6.27. The van der Waals surface area contributed by atoms with Gasteiger partial charge in [0.2, 0.25) is 5.91 Å². The smallest absolute Gasteiger partial charge is 0.329 e. The molecule has 1 fully saturated rings. The zero-order valence-corrected chi connectivity index (χ0v) is 22.7. The lowest BCUT2D eigenvalue weighted by Crippen LogP contribution is -2.49. The van der Waals surface area contributed by atoms with Gasteiger partial charge in [-0.2, -0.15) is 0 Å². The van der Waals surface area contributed by atoms with Crippen molar-refractivity contribution in [1.29, 1.82) is 0 Å². The molecule has 6 N–H and O–H groups in total. The first-order valence-electron chi connectivity index (χ1n) is 13.2. The molecule has 1 aromatic carbocycles. The summed E-state index contributed by atoms with van der Waals surface area (Å²) < 4.78 is 5.45. The largest absolute Gasteiger partial charge is 0.462 e. The van der Waals surface area contributed by atoms with Gasteiger partial charge in [0.1, 0.15) is 23.7 Å². The summed E-state index contributed by atoms with van der Waals surface area (Å²) in [5.74, 6) is -1.96. The second-order valence-corrected chi connectivity index (χ2v) is 10.4. The third-order valence-corrected chi connectivity index (χ3v) is 7.24. The molecular weight excluding hydrogens is 504 g/mol. The topological polar surface area (TPSA) is 196 Å². The van der Waals surface area contributed by atoms with E-state index < -0.39 is 29.1 Å². The monoisotopic (exact) mass is 542 g/mol. The first-order chi connectivity index (χ1) is 18.5. The van der Waals surface area contributed by atoms with E-state index in [4.69, 9.17) is 16.2 Å². The van der Waals surface area contributed by atoms with Crippen molar-refractivity contribution >= 4 is 42.0 Å². The zero-order valence-electron chi connectivity index (χ0n) is 22.7. The van der Waals surface area contributed by atoms with Crippen molar-refractivity contribution < 1.29 is 28.7 Å². The molecule has 2 heterocycles. The van der Waals surface area contributed by atoms with Crippen LogP contribution in [0, 0.1) is 5.92 Å². The van der Waals surface area contributed by atoms with Crippen LogP contribution in [0.5, 0.6) is 0 Å². The number of benzene rings is 1. The average Bonchev–Trinajstić information content (AvgIpc) is 3.59. The van der Waals surface area contributed by atoms with Crippen LogP contribution in [0.1, 0.15) is 62.4 Å². The fourth-order valence-electron chi connectivity index (χ4n) is 5.21. The highest BCUT2D eigenvalue weighted by molar-refractivity contribution is 6.10. The Morgan fingerprint density at radius 2 is 1.92 bits per heavy atom. The summed E-state index contributed by atoms with van der Waals surface area (Å²) in [6.07, 6.45) is 3.83. The van der Waals surface area contributed by atoms with Crippen molar-refractivity contribution in [2.24, 2.45) is 22.4 Å². The lowest BCUT2D eigenvalue weighted by Gasteiger charge is -2.30. The van der Waals surface area contributed by atoms with Crippen LogP contribution in [-0.4, -0.2) is 73.1 Å². The summed E-state index contributed by atoms with van der Waals surface area (Å²) >= 11 is 0. The molecule has 212 valence electrons. The van der Waals surface area contributed by atoms with Gasteiger partial charge in [-0.25, -0.2) is 4.79 Å². The Bertz CT molecular complexity index is 1150. The van der Waals surface area contributed by atoms with Crippen molar-refractivity contribution in [2.75, 3.05) is 24.5 Å². The summed E-state index contributed by atoms with van der Waals surface area (Å²) in [5, 5.41) is 5.59. The van der Waals surface area contributed by atoms with Gasteiger partial charge in [-0.15, -0.1) is 0 Å². The minimum Gasteiger partial charge on any atom is -0.462 e. The molecular formula is C27H38N6O6. The number of aliphatic imine (C=N–C) groups is 1. The maximum atomic E-state index is 13.2. The van der Waals surface area contributed by atoms with Crippen molar-refractivity contribution in [1.82, 2.24) is 10.6 Å². The van der Waals surface area contributed by atoms with Gasteiger partial charge in [-0.05, 0) is 50.8 Å². The Morgan fingerprint density at radius 3 is 2.56 bits per heavy atom. The molecule has 2 aliphatic rings.